The number of fused-ring (bicyclic) bond motifs is 1. The number of rotatable bonds is 6. The van der Waals surface area contributed by atoms with Crippen molar-refractivity contribution in [3.63, 3.8) is 0 Å². The molecule has 0 fully saturated rings. The molecule has 1 aromatic heterocycles. The molecular weight excluding hydrogens is 358 g/mol. The summed E-state index contributed by atoms with van der Waals surface area (Å²) in [6, 6.07) is 10.3. The van der Waals surface area contributed by atoms with E-state index in [9.17, 15) is 13.2 Å². The Balaban J connectivity index is 1.58. The van der Waals surface area contributed by atoms with Crippen molar-refractivity contribution in [2.24, 2.45) is 0 Å². The van der Waals surface area contributed by atoms with Crippen molar-refractivity contribution in [3.05, 3.63) is 46.5 Å². The zero-order valence-electron chi connectivity index (χ0n) is 14.1. The van der Waals surface area contributed by atoms with E-state index in [-0.39, 0.29) is 18.1 Å². The van der Waals surface area contributed by atoms with Gasteiger partial charge < -0.3 is 5.32 Å². The van der Waals surface area contributed by atoms with Gasteiger partial charge >= 0.3 is 0 Å². The highest BCUT2D eigenvalue weighted by Gasteiger charge is 2.21. The largest absolute Gasteiger partial charge is 0.302 e. The molecule has 0 unspecified atom stereocenters. The van der Waals surface area contributed by atoms with E-state index in [0.717, 1.165) is 38.0 Å². The number of carbonyl (C=O) groups excluding carboxylic acids is 1. The molecule has 8 heteroatoms. The molecule has 0 aliphatic carbocycles. The van der Waals surface area contributed by atoms with Gasteiger partial charge in [-0.3, -0.25) is 9.69 Å². The monoisotopic (exact) mass is 379 g/mol. The van der Waals surface area contributed by atoms with Gasteiger partial charge in [-0.25, -0.2) is 13.4 Å². The molecular formula is C17H21N3O3S2. The van der Waals surface area contributed by atoms with Gasteiger partial charge in [0.05, 0.1) is 11.4 Å². The summed E-state index contributed by atoms with van der Waals surface area (Å²) in [6.45, 7) is 2.66. The summed E-state index contributed by atoms with van der Waals surface area (Å²) in [5.41, 5.74) is 2.32. The van der Waals surface area contributed by atoms with E-state index in [4.69, 9.17) is 0 Å². The van der Waals surface area contributed by atoms with Crippen LogP contribution in [0.2, 0.25) is 0 Å². The second kappa shape index (κ2) is 7.63. The highest BCUT2D eigenvalue weighted by molar-refractivity contribution is 7.90. The fourth-order valence-corrected chi connectivity index (χ4v) is 4.36. The quantitative estimate of drug-likeness (QED) is 0.831. The molecule has 1 N–H and O–H groups in total. The van der Waals surface area contributed by atoms with Crippen LogP contribution >= 0.6 is 11.3 Å². The average Bonchev–Trinajstić information content (AvgIpc) is 2.95. The van der Waals surface area contributed by atoms with Gasteiger partial charge in [0.25, 0.3) is 0 Å². The zero-order chi connectivity index (χ0) is 17.9. The molecule has 2 heterocycles. The first-order chi connectivity index (χ1) is 11.9. The molecule has 0 bridgehead atoms. The van der Waals surface area contributed by atoms with E-state index in [1.807, 2.05) is 18.2 Å². The van der Waals surface area contributed by atoms with Crippen LogP contribution in [0.1, 0.15) is 22.6 Å². The molecule has 2 aromatic rings. The summed E-state index contributed by atoms with van der Waals surface area (Å²) >= 11 is 1.48. The van der Waals surface area contributed by atoms with Gasteiger partial charge in [-0.2, -0.15) is 0 Å². The van der Waals surface area contributed by atoms with Crippen molar-refractivity contribution in [3.8, 4) is 0 Å². The van der Waals surface area contributed by atoms with Crippen molar-refractivity contribution < 1.29 is 13.2 Å². The SMILES string of the molecule is CS(=O)(=O)CCC(=O)Nc1nc2c(s1)CN(Cc1ccccc1)CC2. The van der Waals surface area contributed by atoms with E-state index in [2.05, 4.69) is 27.3 Å². The lowest BCUT2D eigenvalue weighted by molar-refractivity contribution is -0.115. The molecule has 3 rings (SSSR count). The van der Waals surface area contributed by atoms with Crippen molar-refractivity contribution in [2.75, 3.05) is 23.9 Å². The summed E-state index contributed by atoms with van der Waals surface area (Å²) in [6.07, 6.45) is 1.95. The van der Waals surface area contributed by atoms with E-state index in [1.165, 1.54) is 21.8 Å². The summed E-state index contributed by atoms with van der Waals surface area (Å²) in [4.78, 5) is 19.9. The third kappa shape index (κ3) is 5.35. The average molecular weight is 380 g/mol. The van der Waals surface area contributed by atoms with Gasteiger partial charge in [-0.05, 0) is 5.56 Å². The maximum absolute atomic E-state index is 11.9. The topological polar surface area (TPSA) is 79.4 Å². The normalized spacial score (nSPS) is 14.9. The minimum Gasteiger partial charge on any atom is -0.302 e. The zero-order valence-corrected chi connectivity index (χ0v) is 15.7. The summed E-state index contributed by atoms with van der Waals surface area (Å²) in [7, 11) is -3.14. The minimum atomic E-state index is -3.14. The van der Waals surface area contributed by atoms with Crippen LogP contribution < -0.4 is 5.32 Å². The molecule has 0 radical (unpaired) electrons. The van der Waals surface area contributed by atoms with Crippen LogP contribution in [0.4, 0.5) is 5.13 Å². The second-order valence-corrected chi connectivity index (χ2v) is 9.61. The number of carbonyl (C=O) groups is 1. The van der Waals surface area contributed by atoms with Crippen molar-refractivity contribution in [1.29, 1.82) is 0 Å². The number of aromatic nitrogens is 1. The molecule has 0 spiro atoms. The fourth-order valence-electron chi connectivity index (χ4n) is 2.74. The Kier molecular flexibility index (Phi) is 5.51. The van der Waals surface area contributed by atoms with Crippen LogP contribution in [0.5, 0.6) is 0 Å². The van der Waals surface area contributed by atoms with E-state index in [1.54, 1.807) is 0 Å². The predicted octanol–water partition coefficient (Wildman–Crippen LogP) is 2.07. The van der Waals surface area contributed by atoms with Gasteiger partial charge in [-0.15, -0.1) is 11.3 Å². The summed E-state index contributed by atoms with van der Waals surface area (Å²) < 4.78 is 22.3. The first kappa shape index (κ1) is 18.0. The van der Waals surface area contributed by atoms with Crippen LogP contribution in [-0.4, -0.2) is 42.8 Å². The summed E-state index contributed by atoms with van der Waals surface area (Å²) in [5.74, 6) is -0.452. The lowest BCUT2D eigenvalue weighted by Gasteiger charge is -2.25. The van der Waals surface area contributed by atoms with Crippen LogP contribution in [0, 0.1) is 0 Å². The molecule has 1 aliphatic rings. The standard InChI is InChI=1S/C17H21N3O3S2/c1-25(22,23)10-8-16(21)19-17-18-14-7-9-20(12-15(14)24-17)11-13-5-3-2-4-6-13/h2-6H,7-12H2,1H3,(H,18,19,21). The van der Waals surface area contributed by atoms with Crippen LogP contribution in [0.15, 0.2) is 30.3 Å². The molecule has 0 atom stereocenters. The minimum absolute atomic E-state index is 0.0385. The lowest BCUT2D eigenvalue weighted by atomic mass is 10.1. The molecule has 0 saturated heterocycles. The number of hydrogen-bond donors (Lipinski definition) is 1. The van der Waals surface area contributed by atoms with Gasteiger partial charge in [-0.1, -0.05) is 30.3 Å². The molecule has 1 aromatic carbocycles. The lowest BCUT2D eigenvalue weighted by Crippen LogP contribution is -2.29. The van der Waals surface area contributed by atoms with Gasteiger partial charge in [0.1, 0.15) is 9.84 Å². The molecule has 1 aliphatic heterocycles. The Bertz CT molecular complexity index is 847. The molecule has 134 valence electrons. The van der Waals surface area contributed by atoms with Crippen molar-refractivity contribution in [1.82, 2.24) is 9.88 Å². The van der Waals surface area contributed by atoms with Crippen LogP contribution in [0.3, 0.4) is 0 Å². The van der Waals surface area contributed by atoms with Crippen molar-refractivity contribution >= 4 is 32.2 Å². The highest BCUT2D eigenvalue weighted by Crippen LogP contribution is 2.29. The number of nitrogens with one attached hydrogen (secondary N) is 1. The van der Waals surface area contributed by atoms with Gasteiger partial charge in [0.15, 0.2) is 5.13 Å². The number of nitrogens with zero attached hydrogens (tertiary/aromatic N) is 2. The summed E-state index contributed by atoms with van der Waals surface area (Å²) in [5, 5.41) is 3.28. The Morgan fingerprint density at radius 1 is 1.32 bits per heavy atom. The first-order valence-corrected chi connectivity index (χ1v) is 11.0. The third-order valence-electron chi connectivity index (χ3n) is 4.01. The molecule has 25 heavy (non-hydrogen) atoms. The Labute approximate surface area is 151 Å². The maximum Gasteiger partial charge on any atom is 0.227 e. The van der Waals surface area contributed by atoms with Crippen LogP contribution in [-0.2, 0) is 34.1 Å². The number of thiazole rings is 1. The Hall–Kier alpha value is -1.77. The van der Waals surface area contributed by atoms with Gasteiger partial charge in [0.2, 0.25) is 5.91 Å². The smallest absolute Gasteiger partial charge is 0.227 e. The maximum atomic E-state index is 11.9. The number of anilines is 1. The third-order valence-corrected chi connectivity index (χ3v) is 5.95. The molecule has 0 saturated carbocycles. The molecule has 6 nitrogen and oxygen atoms in total. The van der Waals surface area contributed by atoms with E-state index >= 15 is 0 Å². The fraction of sp³-hybridized carbons (Fsp3) is 0.412. The van der Waals surface area contributed by atoms with E-state index < -0.39 is 9.84 Å². The first-order valence-electron chi connectivity index (χ1n) is 8.11. The molecule has 1 amide bonds. The van der Waals surface area contributed by atoms with Crippen LogP contribution in [0.25, 0.3) is 0 Å². The number of sulfone groups is 1. The predicted molar refractivity (Wildman–Crippen MR) is 99.3 cm³/mol. The van der Waals surface area contributed by atoms with E-state index in [0.29, 0.717) is 5.13 Å². The highest BCUT2D eigenvalue weighted by atomic mass is 32.2. The second-order valence-electron chi connectivity index (χ2n) is 6.26. The number of benzene rings is 1. The Morgan fingerprint density at radius 3 is 2.80 bits per heavy atom. The number of amides is 1. The number of hydrogen-bond acceptors (Lipinski definition) is 6. The van der Waals surface area contributed by atoms with Gasteiger partial charge in [0, 0.05) is 43.6 Å². The van der Waals surface area contributed by atoms with Crippen molar-refractivity contribution in [2.45, 2.75) is 25.9 Å². The Morgan fingerprint density at radius 2 is 2.08 bits per heavy atom.